The maximum Gasteiger partial charge on any atom is 0.306 e. The molecule has 0 aromatic heterocycles. The SMILES string of the molecule is CC/C=C\C/C=C\C/C=C\C/C=C\C/C=C\C/C=C\CCCCCCCCCCC(=O)NC(COP(=O)([O-])OCC[N+](C)(C)C)C(/C=C/CCCCCCCCCCCCC)OC(=O)CCCCCCCCCCCCCCCCCCCCCCCCCCC. The monoisotopic (exact) mass is 1290 g/mol. The molecule has 9 nitrogen and oxygen atoms in total. The highest BCUT2D eigenvalue weighted by Crippen LogP contribution is 2.38. The van der Waals surface area contributed by atoms with Gasteiger partial charge in [-0.2, -0.15) is 0 Å². The Balaban J connectivity index is 5.01. The fourth-order valence-corrected chi connectivity index (χ4v) is 12.1. The molecule has 0 heterocycles. The van der Waals surface area contributed by atoms with Gasteiger partial charge in [0.05, 0.1) is 33.8 Å². The lowest BCUT2D eigenvalue weighted by molar-refractivity contribution is -0.870. The molecule has 0 spiro atoms. The first-order valence-corrected chi connectivity index (χ1v) is 40.4. The zero-order valence-electron chi connectivity index (χ0n) is 60.8. The van der Waals surface area contributed by atoms with Gasteiger partial charge in [-0.3, -0.25) is 14.2 Å². The Morgan fingerprint density at radius 2 is 0.703 bits per heavy atom. The Kier molecular flexibility index (Phi) is 67.8. The van der Waals surface area contributed by atoms with E-state index in [1.165, 1.54) is 225 Å². The summed E-state index contributed by atoms with van der Waals surface area (Å²) in [5.41, 5.74) is 0. The molecule has 0 aliphatic heterocycles. The third kappa shape index (κ3) is 71.3. The van der Waals surface area contributed by atoms with Crippen LogP contribution in [-0.4, -0.2) is 69.4 Å². The van der Waals surface area contributed by atoms with Gasteiger partial charge in [0.15, 0.2) is 0 Å². The van der Waals surface area contributed by atoms with Crippen molar-refractivity contribution < 1.29 is 37.3 Å². The van der Waals surface area contributed by atoms with Crippen molar-refractivity contribution in [3.63, 3.8) is 0 Å². The number of phosphoric ester groups is 1. The Morgan fingerprint density at radius 1 is 0.396 bits per heavy atom. The molecule has 0 aliphatic rings. The number of amides is 1. The average Bonchev–Trinajstić information content (AvgIpc) is 3.45. The van der Waals surface area contributed by atoms with Gasteiger partial charge >= 0.3 is 5.97 Å². The summed E-state index contributed by atoms with van der Waals surface area (Å²) in [6.45, 7) is 6.78. The molecule has 0 aromatic carbocycles. The Labute approximate surface area is 565 Å². The Hall–Kier alpha value is -2.81. The van der Waals surface area contributed by atoms with Crippen molar-refractivity contribution in [3.05, 3.63) is 85.1 Å². The zero-order chi connectivity index (χ0) is 66.3. The molecule has 3 atom stereocenters. The molecule has 0 aliphatic carbocycles. The number of ether oxygens (including phenoxy) is 1. The average molecular weight is 1290 g/mol. The van der Waals surface area contributed by atoms with Crippen molar-refractivity contribution in [2.45, 2.75) is 380 Å². The van der Waals surface area contributed by atoms with Gasteiger partial charge in [0, 0.05) is 12.8 Å². The minimum atomic E-state index is -4.71. The van der Waals surface area contributed by atoms with E-state index in [-0.39, 0.29) is 24.9 Å². The second kappa shape index (κ2) is 70.0. The van der Waals surface area contributed by atoms with Crippen molar-refractivity contribution in [1.29, 1.82) is 0 Å². The van der Waals surface area contributed by atoms with Crippen LogP contribution in [0.1, 0.15) is 367 Å². The van der Waals surface area contributed by atoms with Crippen molar-refractivity contribution >= 4 is 19.7 Å². The van der Waals surface area contributed by atoms with E-state index in [2.05, 4.69) is 99.0 Å². The predicted molar refractivity (Wildman–Crippen MR) is 395 cm³/mol. The molecule has 530 valence electrons. The van der Waals surface area contributed by atoms with Crippen molar-refractivity contribution in [1.82, 2.24) is 5.32 Å². The predicted octanol–water partition coefficient (Wildman–Crippen LogP) is 24.6. The van der Waals surface area contributed by atoms with Crippen LogP contribution in [0.5, 0.6) is 0 Å². The fourth-order valence-electron chi connectivity index (χ4n) is 11.4. The highest BCUT2D eigenvalue weighted by molar-refractivity contribution is 7.45. The van der Waals surface area contributed by atoms with Gasteiger partial charge in [0.1, 0.15) is 19.3 Å². The minimum absolute atomic E-state index is 0.0253. The lowest BCUT2D eigenvalue weighted by Gasteiger charge is -2.30. The van der Waals surface area contributed by atoms with E-state index in [1.807, 2.05) is 33.3 Å². The van der Waals surface area contributed by atoms with E-state index in [1.54, 1.807) is 0 Å². The van der Waals surface area contributed by atoms with Gasteiger partial charge < -0.3 is 28.5 Å². The third-order valence-electron chi connectivity index (χ3n) is 17.3. The first-order chi connectivity index (χ1) is 44.4. The topological polar surface area (TPSA) is 114 Å². The van der Waals surface area contributed by atoms with E-state index in [9.17, 15) is 19.0 Å². The smallest absolute Gasteiger partial charge is 0.306 e. The first-order valence-electron chi connectivity index (χ1n) is 38.9. The molecule has 0 fully saturated rings. The van der Waals surface area contributed by atoms with Crippen LogP contribution < -0.4 is 10.2 Å². The lowest BCUT2D eigenvalue weighted by Crippen LogP contribution is -2.47. The van der Waals surface area contributed by atoms with Crippen LogP contribution in [0.15, 0.2) is 85.1 Å². The van der Waals surface area contributed by atoms with E-state index in [0.29, 0.717) is 17.4 Å². The number of esters is 1. The van der Waals surface area contributed by atoms with Crippen molar-refractivity contribution in [3.8, 4) is 0 Å². The number of hydrogen-bond acceptors (Lipinski definition) is 7. The number of nitrogens with one attached hydrogen (secondary N) is 1. The number of phosphoric acid groups is 1. The largest absolute Gasteiger partial charge is 0.756 e. The zero-order valence-corrected chi connectivity index (χ0v) is 61.7. The number of nitrogens with zero attached hydrogens (tertiary/aromatic N) is 1. The molecule has 91 heavy (non-hydrogen) atoms. The van der Waals surface area contributed by atoms with Crippen LogP contribution in [-0.2, 0) is 27.9 Å². The minimum Gasteiger partial charge on any atom is -0.756 e. The van der Waals surface area contributed by atoms with Crippen LogP contribution >= 0.6 is 7.82 Å². The van der Waals surface area contributed by atoms with Crippen LogP contribution in [0.2, 0.25) is 0 Å². The number of likely N-dealkylation sites (N-methyl/N-ethyl adjacent to an activating group) is 1. The van der Waals surface area contributed by atoms with Crippen LogP contribution in [0, 0.1) is 0 Å². The molecule has 0 bridgehead atoms. The Morgan fingerprint density at radius 3 is 1.05 bits per heavy atom. The first kappa shape index (κ1) is 88.2. The molecular weight excluding hydrogens is 1140 g/mol. The molecule has 0 saturated heterocycles. The number of carbonyl (C=O) groups is 2. The summed E-state index contributed by atoms with van der Waals surface area (Å²) in [6.07, 6.45) is 94.4. The highest BCUT2D eigenvalue weighted by Gasteiger charge is 2.27. The maximum atomic E-state index is 13.6. The second-order valence-electron chi connectivity index (χ2n) is 27.5. The molecule has 0 rings (SSSR count). The van der Waals surface area contributed by atoms with Gasteiger partial charge in [-0.25, -0.2) is 0 Å². The Bertz CT molecular complexity index is 1830. The molecule has 1 N–H and O–H groups in total. The standard InChI is InChI=1S/C81H149N2O7P/c1-7-10-13-16-19-22-25-28-30-32-34-36-38-40-41-43-44-46-48-50-52-55-58-61-64-67-70-73-80(84)82-78(77-89-91(86,87)88-76-75-83(4,5)6)79(72-69-66-63-60-57-54-27-24-21-18-15-12-9-3)90-81(85)74-71-68-65-62-59-56-53-51-49-47-45-42-39-37-35-33-31-29-26-23-20-17-14-11-8-2/h10,13,19,22,28,30,34,36,40-41,44,46,69,72,78-79H,7-9,11-12,14-18,20-21,23-27,29,31-33,35,37-39,42-43,45,47-68,70-71,73-77H2,1-6H3,(H-,82,84,86,87)/b13-10-,22-19-,30-28-,36-34-,41-40-,46-44-,72-69+. The lowest BCUT2D eigenvalue weighted by atomic mass is 10.0. The van der Waals surface area contributed by atoms with Gasteiger partial charge in [0.25, 0.3) is 7.82 Å². The molecule has 1 amide bonds. The van der Waals surface area contributed by atoms with E-state index in [0.717, 1.165) is 109 Å². The summed E-state index contributed by atoms with van der Waals surface area (Å²) in [5.74, 6) is -0.536. The second-order valence-corrected chi connectivity index (χ2v) is 28.9. The maximum absolute atomic E-state index is 13.6. The quantitative estimate of drug-likeness (QED) is 0.0212. The summed E-state index contributed by atoms with van der Waals surface area (Å²) in [4.78, 5) is 40.3. The molecule has 10 heteroatoms. The van der Waals surface area contributed by atoms with Crippen molar-refractivity contribution in [2.75, 3.05) is 40.9 Å². The van der Waals surface area contributed by atoms with Gasteiger partial charge in [0.2, 0.25) is 5.91 Å². The third-order valence-corrected chi connectivity index (χ3v) is 18.3. The van der Waals surface area contributed by atoms with Crippen molar-refractivity contribution in [2.24, 2.45) is 0 Å². The van der Waals surface area contributed by atoms with E-state index < -0.39 is 26.6 Å². The number of quaternary nitrogens is 1. The van der Waals surface area contributed by atoms with E-state index >= 15 is 0 Å². The number of hydrogen-bond donors (Lipinski definition) is 1. The van der Waals surface area contributed by atoms with Crippen LogP contribution in [0.3, 0.4) is 0 Å². The normalized spacial score (nSPS) is 13.9. The molecule has 3 unspecified atom stereocenters. The number of unbranched alkanes of at least 4 members (excludes halogenated alkanes) is 43. The summed E-state index contributed by atoms with van der Waals surface area (Å²) in [7, 11) is 1.19. The fraction of sp³-hybridized carbons (Fsp3) is 0.802. The summed E-state index contributed by atoms with van der Waals surface area (Å²) in [6, 6.07) is -0.897. The molecule has 0 saturated carbocycles. The van der Waals surface area contributed by atoms with Gasteiger partial charge in [-0.05, 0) is 83.1 Å². The molecule has 0 aromatic rings. The van der Waals surface area contributed by atoms with Crippen LogP contribution in [0.4, 0.5) is 0 Å². The molecule has 0 radical (unpaired) electrons. The van der Waals surface area contributed by atoms with Gasteiger partial charge in [-0.15, -0.1) is 0 Å². The number of allylic oxidation sites excluding steroid dienone is 13. The summed E-state index contributed by atoms with van der Waals surface area (Å²) >= 11 is 0. The van der Waals surface area contributed by atoms with Gasteiger partial charge in [-0.1, -0.05) is 357 Å². The summed E-state index contributed by atoms with van der Waals surface area (Å²) < 4.78 is 30.5. The van der Waals surface area contributed by atoms with E-state index in [4.69, 9.17) is 13.8 Å². The van der Waals surface area contributed by atoms with Crippen LogP contribution in [0.25, 0.3) is 0 Å². The highest BCUT2D eigenvalue weighted by atomic mass is 31.2. The molecular formula is C81H149N2O7P. The number of carbonyl (C=O) groups excluding carboxylic acids is 2. The summed E-state index contributed by atoms with van der Waals surface area (Å²) in [5, 5.41) is 3.05. The number of rotatable bonds is 71.